The zero-order valence-corrected chi connectivity index (χ0v) is 14.5. The Balaban J connectivity index is 2.04. The molecule has 1 N–H and O–H groups in total. The molecular formula is C15H14ClF2N3O2S. The normalized spacial score (nSPS) is 11.0. The first-order chi connectivity index (χ1) is 11.4. The van der Waals surface area contributed by atoms with Crippen molar-refractivity contribution in [1.29, 1.82) is 0 Å². The largest absolute Gasteiger partial charge is 0.466 e. The second-order valence-electron chi connectivity index (χ2n) is 4.69. The number of carbonyl (C=O) groups excluding carboxylic acids is 1. The number of hydrazone groups is 1. The lowest BCUT2D eigenvalue weighted by Crippen LogP contribution is -2.07. The SMILES string of the molecule is CCOC(=O)Cc1csc(NN=Cc2c(Cl)cc(F)c(C)c2F)n1. The van der Waals surface area contributed by atoms with Gasteiger partial charge < -0.3 is 4.74 Å². The fourth-order valence-corrected chi connectivity index (χ4v) is 2.67. The molecule has 24 heavy (non-hydrogen) atoms. The van der Waals surface area contributed by atoms with Gasteiger partial charge in [0.25, 0.3) is 0 Å². The van der Waals surface area contributed by atoms with Crippen LogP contribution in [0.3, 0.4) is 0 Å². The quantitative estimate of drug-likeness (QED) is 0.473. The molecule has 0 radical (unpaired) electrons. The zero-order valence-electron chi connectivity index (χ0n) is 12.9. The minimum Gasteiger partial charge on any atom is -0.466 e. The molecule has 0 bridgehead atoms. The maximum atomic E-state index is 14.0. The van der Waals surface area contributed by atoms with Crippen LogP contribution < -0.4 is 5.43 Å². The first-order valence-corrected chi connectivity index (χ1v) is 8.21. The predicted octanol–water partition coefficient (Wildman–Crippen LogP) is 3.93. The van der Waals surface area contributed by atoms with Crippen molar-refractivity contribution in [2.75, 3.05) is 12.0 Å². The molecule has 9 heteroatoms. The first-order valence-electron chi connectivity index (χ1n) is 6.95. The van der Waals surface area contributed by atoms with E-state index in [4.69, 9.17) is 16.3 Å². The second-order valence-corrected chi connectivity index (χ2v) is 5.95. The van der Waals surface area contributed by atoms with Crippen LogP contribution in [-0.2, 0) is 16.0 Å². The topological polar surface area (TPSA) is 63.6 Å². The van der Waals surface area contributed by atoms with E-state index in [-0.39, 0.29) is 28.5 Å². The highest BCUT2D eigenvalue weighted by Gasteiger charge is 2.13. The number of esters is 1. The van der Waals surface area contributed by atoms with Crippen molar-refractivity contribution in [3.63, 3.8) is 0 Å². The zero-order chi connectivity index (χ0) is 17.7. The molecule has 0 aliphatic carbocycles. The summed E-state index contributed by atoms with van der Waals surface area (Å²) < 4.78 is 32.1. The average molecular weight is 374 g/mol. The Labute approximate surface area is 146 Å². The average Bonchev–Trinajstić information content (AvgIpc) is 2.96. The molecule has 1 aromatic carbocycles. The van der Waals surface area contributed by atoms with Crippen LogP contribution in [-0.4, -0.2) is 23.8 Å². The third-order valence-corrected chi connectivity index (χ3v) is 4.08. The van der Waals surface area contributed by atoms with Crippen molar-refractivity contribution in [3.8, 4) is 0 Å². The van der Waals surface area contributed by atoms with Gasteiger partial charge in [0.2, 0.25) is 5.13 Å². The molecule has 2 aromatic rings. The van der Waals surface area contributed by atoms with Crippen LogP contribution in [0.5, 0.6) is 0 Å². The lowest BCUT2D eigenvalue weighted by Gasteiger charge is -2.04. The summed E-state index contributed by atoms with van der Waals surface area (Å²) in [6.45, 7) is 3.35. The summed E-state index contributed by atoms with van der Waals surface area (Å²) in [6, 6.07) is 1.03. The first kappa shape index (κ1) is 18.3. The molecule has 0 atom stereocenters. The highest BCUT2D eigenvalue weighted by atomic mass is 35.5. The van der Waals surface area contributed by atoms with E-state index in [1.807, 2.05) is 0 Å². The number of halogens is 3. The highest BCUT2D eigenvalue weighted by Crippen LogP contribution is 2.23. The fourth-order valence-electron chi connectivity index (χ4n) is 1.78. The molecule has 5 nitrogen and oxygen atoms in total. The van der Waals surface area contributed by atoms with Crippen molar-refractivity contribution in [1.82, 2.24) is 4.98 Å². The monoisotopic (exact) mass is 373 g/mol. The van der Waals surface area contributed by atoms with Gasteiger partial charge >= 0.3 is 5.97 Å². The molecule has 0 unspecified atom stereocenters. The number of benzene rings is 1. The van der Waals surface area contributed by atoms with Gasteiger partial charge in [0.1, 0.15) is 11.6 Å². The summed E-state index contributed by atoms with van der Waals surface area (Å²) in [6.07, 6.45) is 1.21. The summed E-state index contributed by atoms with van der Waals surface area (Å²) >= 11 is 7.04. The van der Waals surface area contributed by atoms with Gasteiger partial charge in [-0.2, -0.15) is 5.10 Å². The maximum absolute atomic E-state index is 14.0. The number of hydrogen-bond donors (Lipinski definition) is 1. The Hall–Kier alpha value is -2.06. The Morgan fingerprint density at radius 3 is 3.00 bits per heavy atom. The van der Waals surface area contributed by atoms with Gasteiger partial charge in [-0.3, -0.25) is 10.2 Å². The fraction of sp³-hybridized carbons (Fsp3) is 0.267. The number of anilines is 1. The number of thiazole rings is 1. The minimum absolute atomic E-state index is 0.0219. The number of carbonyl (C=O) groups is 1. The molecule has 0 aliphatic rings. The lowest BCUT2D eigenvalue weighted by atomic mass is 10.1. The van der Waals surface area contributed by atoms with Crippen LogP contribution in [0.1, 0.15) is 23.7 Å². The molecule has 0 amide bonds. The van der Waals surface area contributed by atoms with Crippen LogP contribution in [0.15, 0.2) is 16.5 Å². The molecule has 0 spiro atoms. The van der Waals surface area contributed by atoms with Crippen molar-refractivity contribution in [2.45, 2.75) is 20.3 Å². The molecule has 0 saturated heterocycles. The van der Waals surface area contributed by atoms with E-state index >= 15 is 0 Å². The van der Waals surface area contributed by atoms with Crippen LogP contribution in [0, 0.1) is 18.6 Å². The van der Waals surface area contributed by atoms with Gasteiger partial charge in [0.15, 0.2) is 0 Å². The standard InChI is InChI=1S/C15H14ClF2N3O2S/c1-3-23-13(22)4-9-7-24-15(20-9)21-19-6-10-11(16)5-12(17)8(2)14(10)18/h5-7H,3-4H2,1-2H3,(H,20,21). The van der Waals surface area contributed by atoms with Gasteiger partial charge in [-0.15, -0.1) is 11.3 Å². The number of hydrogen-bond acceptors (Lipinski definition) is 6. The number of nitrogens with zero attached hydrogens (tertiary/aromatic N) is 2. The molecule has 128 valence electrons. The number of rotatable bonds is 6. The summed E-state index contributed by atoms with van der Waals surface area (Å²) in [5.74, 6) is -1.85. The van der Waals surface area contributed by atoms with Crippen LogP contribution in [0.25, 0.3) is 0 Å². The van der Waals surface area contributed by atoms with E-state index in [1.54, 1.807) is 12.3 Å². The van der Waals surface area contributed by atoms with E-state index < -0.39 is 11.6 Å². The molecule has 0 fully saturated rings. The Kier molecular flexibility index (Phi) is 6.22. The van der Waals surface area contributed by atoms with Crippen molar-refractivity contribution in [2.24, 2.45) is 5.10 Å². The van der Waals surface area contributed by atoms with E-state index in [9.17, 15) is 13.6 Å². The van der Waals surface area contributed by atoms with Crippen molar-refractivity contribution < 1.29 is 18.3 Å². The molecule has 1 heterocycles. The molecule has 1 aromatic heterocycles. The molecule has 0 aliphatic heterocycles. The van der Waals surface area contributed by atoms with Crippen molar-refractivity contribution in [3.05, 3.63) is 44.9 Å². The number of ether oxygens (including phenoxy) is 1. The molecule has 2 rings (SSSR count). The minimum atomic E-state index is -0.771. The summed E-state index contributed by atoms with van der Waals surface area (Å²) in [5.41, 5.74) is 3.00. The summed E-state index contributed by atoms with van der Waals surface area (Å²) in [5, 5.41) is 5.87. The Morgan fingerprint density at radius 1 is 1.54 bits per heavy atom. The third kappa shape index (κ3) is 4.48. The van der Waals surface area contributed by atoms with Gasteiger partial charge in [-0.25, -0.2) is 13.8 Å². The Morgan fingerprint density at radius 2 is 2.29 bits per heavy atom. The van der Waals surface area contributed by atoms with E-state index in [0.29, 0.717) is 17.4 Å². The van der Waals surface area contributed by atoms with E-state index in [2.05, 4.69) is 15.5 Å². The number of nitrogens with one attached hydrogen (secondary N) is 1. The molecular weight excluding hydrogens is 360 g/mol. The maximum Gasteiger partial charge on any atom is 0.311 e. The predicted molar refractivity (Wildman–Crippen MR) is 89.8 cm³/mol. The Bertz CT molecular complexity index is 780. The van der Waals surface area contributed by atoms with Gasteiger partial charge in [-0.05, 0) is 19.9 Å². The van der Waals surface area contributed by atoms with Crippen LogP contribution in [0.4, 0.5) is 13.9 Å². The van der Waals surface area contributed by atoms with E-state index in [1.165, 1.54) is 18.3 Å². The summed E-state index contributed by atoms with van der Waals surface area (Å²) in [4.78, 5) is 15.5. The smallest absolute Gasteiger partial charge is 0.311 e. The highest BCUT2D eigenvalue weighted by molar-refractivity contribution is 7.13. The lowest BCUT2D eigenvalue weighted by molar-refractivity contribution is -0.142. The van der Waals surface area contributed by atoms with Gasteiger partial charge in [-0.1, -0.05) is 11.6 Å². The molecule has 0 saturated carbocycles. The number of aromatic nitrogens is 1. The van der Waals surface area contributed by atoms with Crippen LogP contribution in [0.2, 0.25) is 5.02 Å². The van der Waals surface area contributed by atoms with E-state index in [0.717, 1.165) is 12.3 Å². The van der Waals surface area contributed by atoms with Crippen LogP contribution >= 0.6 is 22.9 Å². The van der Waals surface area contributed by atoms with Crippen molar-refractivity contribution >= 4 is 40.3 Å². The third-order valence-electron chi connectivity index (χ3n) is 2.97. The summed E-state index contributed by atoms with van der Waals surface area (Å²) in [7, 11) is 0. The van der Waals surface area contributed by atoms with Gasteiger partial charge in [0.05, 0.1) is 30.0 Å². The van der Waals surface area contributed by atoms with Gasteiger partial charge in [0, 0.05) is 16.5 Å². The second kappa shape index (κ2) is 8.16.